The molecule has 1 amide bonds. The van der Waals surface area contributed by atoms with Gasteiger partial charge in [0.25, 0.3) is 5.91 Å². The first-order chi connectivity index (χ1) is 14.4. The first kappa shape index (κ1) is 22.6. The van der Waals surface area contributed by atoms with Crippen molar-refractivity contribution in [2.45, 2.75) is 13.0 Å². The quantitative estimate of drug-likeness (QED) is 0.496. The van der Waals surface area contributed by atoms with Gasteiger partial charge in [-0.05, 0) is 42.8 Å². The summed E-state index contributed by atoms with van der Waals surface area (Å²) in [6.07, 6.45) is 1.77. The van der Waals surface area contributed by atoms with E-state index < -0.39 is 18.0 Å². The largest absolute Gasteiger partial charge is 0.497 e. The Morgan fingerprint density at radius 3 is 2.07 bits per heavy atom. The molecule has 160 valence electrons. The van der Waals surface area contributed by atoms with Crippen molar-refractivity contribution in [2.75, 3.05) is 33.8 Å². The van der Waals surface area contributed by atoms with E-state index >= 15 is 0 Å². The molecule has 1 atom stereocenters. The minimum atomic E-state index is -1.00. The molecule has 0 aromatic heterocycles. The monoisotopic (exact) mass is 415 g/mol. The maximum Gasteiger partial charge on any atom is 0.331 e. The van der Waals surface area contributed by atoms with Gasteiger partial charge in [-0.1, -0.05) is 0 Å². The van der Waals surface area contributed by atoms with Gasteiger partial charge in [-0.3, -0.25) is 4.79 Å². The van der Waals surface area contributed by atoms with Crippen molar-refractivity contribution in [3.05, 3.63) is 48.0 Å². The molecular weight excluding hydrogens is 390 g/mol. The number of methoxy groups -OCH3 is 4. The summed E-state index contributed by atoms with van der Waals surface area (Å²) in [6, 6.07) is 10.1. The third-order valence-electron chi connectivity index (χ3n) is 4.10. The van der Waals surface area contributed by atoms with E-state index in [0.717, 1.165) is 0 Å². The smallest absolute Gasteiger partial charge is 0.331 e. The van der Waals surface area contributed by atoms with Crippen LogP contribution in [-0.4, -0.2) is 46.4 Å². The minimum Gasteiger partial charge on any atom is -0.497 e. The lowest BCUT2D eigenvalue weighted by molar-refractivity contribution is -0.148. The number of rotatable bonds is 9. The number of esters is 1. The topological polar surface area (TPSA) is 92.3 Å². The summed E-state index contributed by atoms with van der Waals surface area (Å²) >= 11 is 0. The van der Waals surface area contributed by atoms with Crippen molar-refractivity contribution in [3.8, 4) is 23.0 Å². The summed E-state index contributed by atoms with van der Waals surface area (Å²) in [7, 11) is 6.09. The van der Waals surface area contributed by atoms with Gasteiger partial charge in [-0.15, -0.1) is 0 Å². The maximum absolute atomic E-state index is 12.3. The highest BCUT2D eigenvalue weighted by molar-refractivity contribution is 5.96. The summed E-state index contributed by atoms with van der Waals surface area (Å²) in [5.41, 5.74) is 1.17. The average molecular weight is 415 g/mol. The Balaban J connectivity index is 1.98. The molecule has 0 unspecified atom stereocenters. The molecule has 0 aliphatic heterocycles. The minimum absolute atomic E-state index is 0.469. The molecule has 30 heavy (non-hydrogen) atoms. The molecule has 2 rings (SSSR count). The van der Waals surface area contributed by atoms with Crippen molar-refractivity contribution in [1.82, 2.24) is 0 Å². The summed E-state index contributed by atoms with van der Waals surface area (Å²) in [5.74, 6) is 1.04. The van der Waals surface area contributed by atoms with Gasteiger partial charge in [0.2, 0.25) is 0 Å². The Bertz CT molecular complexity index is 901. The number of hydrogen-bond donors (Lipinski definition) is 1. The van der Waals surface area contributed by atoms with Gasteiger partial charge in [0, 0.05) is 23.9 Å². The van der Waals surface area contributed by atoms with Gasteiger partial charge >= 0.3 is 5.97 Å². The Morgan fingerprint density at radius 1 is 0.867 bits per heavy atom. The predicted octanol–water partition coefficient (Wildman–Crippen LogP) is 3.30. The summed E-state index contributed by atoms with van der Waals surface area (Å²) in [4.78, 5) is 24.4. The Hall–Kier alpha value is -3.68. The van der Waals surface area contributed by atoms with Crippen LogP contribution < -0.4 is 24.3 Å². The number of carbonyl (C=O) groups is 2. The van der Waals surface area contributed by atoms with Crippen LogP contribution in [-0.2, 0) is 14.3 Å². The third-order valence-corrected chi connectivity index (χ3v) is 4.10. The second-order valence-corrected chi connectivity index (χ2v) is 6.12. The predicted molar refractivity (Wildman–Crippen MR) is 112 cm³/mol. The van der Waals surface area contributed by atoms with Gasteiger partial charge in [0.05, 0.1) is 28.4 Å². The number of nitrogens with one attached hydrogen (secondary N) is 1. The molecule has 0 spiro atoms. The number of benzene rings is 2. The number of hydrogen-bond acceptors (Lipinski definition) is 7. The molecule has 1 N–H and O–H groups in total. The van der Waals surface area contributed by atoms with E-state index in [1.54, 1.807) is 42.5 Å². The van der Waals surface area contributed by atoms with Gasteiger partial charge < -0.3 is 29.0 Å². The van der Waals surface area contributed by atoms with E-state index in [-0.39, 0.29) is 0 Å². The van der Waals surface area contributed by atoms with Crippen LogP contribution in [0.2, 0.25) is 0 Å². The molecule has 0 radical (unpaired) electrons. The molecule has 8 heteroatoms. The van der Waals surface area contributed by atoms with Crippen LogP contribution in [0.4, 0.5) is 5.69 Å². The Kier molecular flexibility index (Phi) is 8.10. The van der Waals surface area contributed by atoms with Crippen LogP contribution in [0.5, 0.6) is 23.0 Å². The highest BCUT2D eigenvalue weighted by Crippen LogP contribution is 2.29. The van der Waals surface area contributed by atoms with Gasteiger partial charge in [0.1, 0.15) is 11.5 Å². The third kappa shape index (κ3) is 6.16. The van der Waals surface area contributed by atoms with Crippen molar-refractivity contribution in [3.63, 3.8) is 0 Å². The first-order valence-electron chi connectivity index (χ1n) is 9.04. The fourth-order valence-corrected chi connectivity index (χ4v) is 2.51. The summed E-state index contributed by atoms with van der Waals surface area (Å²) in [6.45, 7) is 1.48. The SMILES string of the molecule is COc1cc(/C=C/C(=O)O[C@H](C)C(=O)Nc2ccc(OC)c(OC)c2)cc(OC)c1. The molecule has 0 aliphatic rings. The Labute approximate surface area is 175 Å². The van der Waals surface area contributed by atoms with Crippen LogP contribution in [0.3, 0.4) is 0 Å². The molecule has 8 nitrogen and oxygen atoms in total. The molecule has 0 aliphatic carbocycles. The zero-order valence-corrected chi connectivity index (χ0v) is 17.6. The molecule has 2 aromatic carbocycles. The van der Waals surface area contributed by atoms with Crippen molar-refractivity contribution >= 4 is 23.6 Å². The van der Waals surface area contributed by atoms with E-state index in [1.807, 2.05) is 0 Å². The molecule has 0 heterocycles. The molecule has 0 fully saturated rings. The number of amides is 1. The lowest BCUT2D eigenvalue weighted by Gasteiger charge is -2.14. The zero-order chi connectivity index (χ0) is 22.1. The van der Waals surface area contributed by atoms with E-state index in [1.165, 1.54) is 41.4 Å². The van der Waals surface area contributed by atoms with Crippen LogP contribution in [0, 0.1) is 0 Å². The molecular formula is C22H25NO7. The Morgan fingerprint density at radius 2 is 1.50 bits per heavy atom. The van der Waals surface area contributed by atoms with E-state index in [0.29, 0.717) is 34.2 Å². The summed E-state index contributed by atoms with van der Waals surface area (Å²) < 4.78 is 25.9. The summed E-state index contributed by atoms with van der Waals surface area (Å²) in [5, 5.41) is 2.67. The van der Waals surface area contributed by atoms with Crippen LogP contribution in [0.25, 0.3) is 6.08 Å². The fourth-order valence-electron chi connectivity index (χ4n) is 2.51. The zero-order valence-electron chi connectivity index (χ0n) is 17.6. The highest BCUT2D eigenvalue weighted by atomic mass is 16.5. The standard InChI is InChI=1S/C22H25NO7/c1-14(22(25)23-16-7-8-19(28-4)20(12-16)29-5)30-21(24)9-6-15-10-17(26-2)13-18(11-15)27-3/h6-14H,1-5H3,(H,23,25)/b9-6+/t14-/m1/s1. The van der Waals surface area contributed by atoms with Crippen molar-refractivity contribution in [1.29, 1.82) is 0 Å². The average Bonchev–Trinajstić information content (AvgIpc) is 2.77. The van der Waals surface area contributed by atoms with Crippen LogP contribution in [0.15, 0.2) is 42.5 Å². The second-order valence-electron chi connectivity index (χ2n) is 6.12. The first-order valence-corrected chi connectivity index (χ1v) is 9.04. The molecule has 0 saturated heterocycles. The molecule has 0 bridgehead atoms. The maximum atomic E-state index is 12.3. The van der Waals surface area contributed by atoms with E-state index in [2.05, 4.69) is 5.32 Å². The van der Waals surface area contributed by atoms with Crippen molar-refractivity contribution < 1.29 is 33.3 Å². The van der Waals surface area contributed by atoms with Crippen molar-refractivity contribution in [2.24, 2.45) is 0 Å². The van der Waals surface area contributed by atoms with E-state index in [9.17, 15) is 9.59 Å². The number of carbonyl (C=O) groups excluding carboxylic acids is 2. The lowest BCUT2D eigenvalue weighted by Crippen LogP contribution is -2.29. The van der Waals surface area contributed by atoms with Gasteiger partial charge in [-0.2, -0.15) is 0 Å². The van der Waals surface area contributed by atoms with Gasteiger partial charge in [-0.25, -0.2) is 4.79 Å². The van der Waals surface area contributed by atoms with E-state index in [4.69, 9.17) is 23.7 Å². The van der Waals surface area contributed by atoms with Crippen LogP contribution in [0.1, 0.15) is 12.5 Å². The van der Waals surface area contributed by atoms with Crippen LogP contribution >= 0.6 is 0 Å². The fraction of sp³-hybridized carbons (Fsp3) is 0.273. The highest BCUT2D eigenvalue weighted by Gasteiger charge is 2.17. The molecule has 0 saturated carbocycles. The normalized spacial score (nSPS) is 11.5. The second kappa shape index (κ2) is 10.8. The number of anilines is 1. The number of ether oxygens (including phenoxy) is 5. The lowest BCUT2D eigenvalue weighted by atomic mass is 10.2. The molecule has 2 aromatic rings. The van der Waals surface area contributed by atoms with Gasteiger partial charge in [0.15, 0.2) is 17.6 Å².